The standard InChI is InChI=1S/C15H24N2.CH4/c1-13(2)9-7-11(16)12(17)8-10(9)14(3,4)15(13,5)6;/h7-8H,16-17H2,1-6H3;1H4. The van der Waals surface area contributed by atoms with Crippen LogP contribution in [0.1, 0.15) is 60.1 Å². The molecule has 0 atom stereocenters. The van der Waals surface area contributed by atoms with Gasteiger partial charge >= 0.3 is 0 Å². The molecule has 0 unspecified atom stereocenters. The quantitative estimate of drug-likeness (QED) is 0.680. The van der Waals surface area contributed by atoms with Crippen molar-refractivity contribution < 1.29 is 0 Å². The van der Waals surface area contributed by atoms with Gasteiger partial charge in [-0.1, -0.05) is 49.0 Å². The van der Waals surface area contributed by atoms with Gasteiger partial charge in [0.15, 0.2) is 0 Å². The minimum absolute atomic E-state index is 0. The van der Waals surface area contributed by atoms with E-state index in [4.69, 9.17) is 11.5 Å². The molecule has 0 aromatic heterocycles. The Labute approximate surface area is 112 Å². The summed E-state index contributed by atoms with van der Waals surface area (Å²) in [6, 6.07) is 4.14. The maximum Gasteiger partial charge on any atom is 0.0550 e. The highest BCUT2D eigenvalue weighted by molar-refractivity contribution is 5.69. The highest BCUT2D eigenvalue weighted by atomic mass is 14.7. The molecule has 4 N–H and O–H groups in total. The van der Waals surface area contributed by atoms with Crippen LogP contribution in [0.5, 0.6) is 0 Å². The topological polar surface area (TPSA) is 52.0 Å². The molecule has 0 saturated heterocycles. The summed E-state index contributed by atoms with van der Waals surface area (Å²) in [5.41, 5.74) is 16.4. The SMILES string of the molecule is C.CC1(C)c2cc(N)c(N)cc2C(C)(C)C1(C)C. The lowest BCUT2D eigenvalue weighted by atomic mass is 9.59. The fourth-order valence-corrected chi connectivity index (χ4v) is 3.12. The van der Waals surface area contributed by atoms with Crippen LogP contribution in [0.2, 0.25) is 0 Å². The fourth-order valence-electron chi connectivity index (χ4n) is 3.12. The monoisotopic (exact) mass is 248 g/mol. The Hall–Kier alpha value is -1.18. The van der Waals surface area contributed by atoms with Crippen molar-refractivity contribution in [3.8, 4) is 0 Å². The third-order valence-electron chi connectivity index (χ3n) is 5.69. The Bertz CT molecular complexity index is 439. The molecule has 0 fully saturated rings. The van der Waals surface area contributed by atoms with Crippen molar-refractivity contribution in [2.75, 3.05) is 11.5 Å². The van der Waals surface area contributed by atoms with Crippen LogP contribution in [0.3, 0.4) is 0 Å². The van der Waals surface area contributed by atoms with Gasteiger partial charge in [0, 0.05) is 0 Å². The third kappa shape index (κ3) is 1.41. The van der Waals surface area contributed by atoms with E-state index >= 15 is 0 Å². The molecule has 0 amide bonds. The van der Waals surface area contributed by atoms with Gasteiger partial charge in [0.2, 0.25) is 0 Å². The van der Waals surface area contributed by atoms with E-state index in [0.717, 1.165) is 0 Å². The van der Waals surface area contributed by atoms with Crippen LogP contribution in [0.25, 0.3) is 0 Å². The number of anilines is 2. The predicted molar refractivity (Wildman–Crippen MR) is 81.8 cm³/mol. The van der Waals surface area contributed by atoms with E-state index in [1.807, 2.05) is 0 Å². The summed E-state index contributed by atoms with van der Waals surface area (Å²) in [6.07, 6.45) is 0. The molecule has 2 heteroatoms. The Morgan fingerprint density at radius 3 is 1.28 bits per heavy atom. The first-order valence-corrected chi connectivity index (χ1v) is 6.23. The Balaban J connectivity index is 0.00000162. The molecule has 0 spiro atoms. The minimum atomic E-state index is 0. The summed E-state index contributed by atoms with van der Waals surface area (Å²) in [5.74, 6) is 0. The first kappa shape index (κ1) is 14.9. The van der Waals surface area contributed by atoms with Crippen molar-refractivity contribution in [1.29, 1.82) is 0 Å². The van der Waals surface area contributed by atoms with Crippen molar-refractivity contribution in [3.05, 3.63) is 23.3 Å². The average Bonchev–Trinajstić information content (AvgIpc) is 2.28. The Morgan fingerprint density at radius 2 is 1.00 bits per heavy atom. The maximum absolute atomic E-state index is 5.97. The van der Waals surface area contributed by atoms with E-state index in [-0.39, 0.29) is 23.7 Å². The number of fused-ring (bicyclic) bond motifs is 1. The first-order chi connectivity index (χ1) is 7.53. The molecule has 2 rings (SSSR count). The number of nitrogens with two attached hydrogens (primary N) is 2. The fraction of sp³-hybridized carbons (Fsp3) is 0.625. The molecule has 1 aromatic carbocycles. The van der Waals surface area contributed by atoms with Gasteiger partial charge in [0.05, 0.1) is 11.4 Å². The van der Waals surface area contributed by atoms with Crippen molar-refractivity contribution in [1.82, 2.24) is 0 Å². The number of rotatable bonds is 0. The van der Waals surface area contributed by atoms with Crippen molar-refractivity contribution >= 4 is 11.4 Å². The Kier molecular flexibility index (Phi) is 3.02. The molecule has 0 aliphatic heterocycles. The van der Waals surface area contributed by atoms with Gasteiger partial charge in [-0.2, -0.15) is 0 Å². The van der Waals surface area contributed by atoms with Crippen LogP contribution in [-0.2, 0) is 10.8 Å². The largest absolute Gasteiger partial charge is 0.397 e. The van der Waals surface area contributed by atoms with Crippen LogP contribution < -0.4 is 11.5 Å². The summed E-state index contributed by atoms with van der Waals surface area (Å²) in [7, 11) is 0. The molecule has 1 aliphatic carbocycles. The van der Waals surface area contributed by atoms with E-state index in [1.54, 1.807) is 0 Å². The molecular formula is C16H28N2. The van der Waals surface area contributed by atoms with E-state index < -0.39 is 0 Å². The van der Waals surface area contributed by atoms with Gasteiger partial charge in [0.25, 0.3) is 0 Å². The van der Waals surface area contributed by atoms with Gasteiger partial charge in [-0.05, 0) is 39.5 Å². The molecule has 0 radical (unpaired) electrons. The van der Waals surface area contributed by atoms with Crippen LogP contribution in [-0.4, -0.2) is 0 Å². The van der Waals surface area contributed by atoms with E-state index in [9.17, 15) is 0 Å². The number of benzene rings is 1. The van der Waals surface area contributed by atoms with Crippen molar-refractivity contribution in [3.63, 3.8) is 0 Å². The molecule has 1 aliphatic rings. The average molecular weight is 248 g/mol. The predicted octanol–water partition coefficient (Wildman–Crippen LogP) is 4.08. The van der Waals surface area contributed by atoms with Gasteiger partial charge < -0.3 is 11.5 Å². The zero-order valence-corrected chi connectivity index (χ0v) is 11.8. The molecule has 18 heavy (non-hydrogen) atoms. The van der Waals surface area contributed by atoms with Gasteiger partial charge in [-0.3, -0.25) is 0 Å². The highest BCUT2D eigenvalue weighted by Gasteiger charge is 2.56. The molecule has 0 bridgehead atoms. The molecule has 0 saturated carbocycles. The van der Waals surface area contributed by atoms with E-state index in [0.29, 0.717) is 11.4 Å². The number of nitrogen functional groups attached to an aromatic ring is 2. The van der Waals surface area contributed by atoms with Crippen LogP contribution in [0, 0.1) is 5.41 Å². The first-order valence-electron chi connectivity index (χ1n) is 6.23. The lowest BCUT2D eigenvalue weighted by Crippen LogP contribution is -2.42. The number of hydrogen-bond donors (Lipinski definition) is 2. The van der Waals surface area contributed by atoms with Gasteiger partial charge in [-0.15, -0.1) is 0 Å². The van der Waals surface area contributed by atoms with Gasteiger partial charge in [-0.25, -0.2) is 0 Å². The van der Waals surface area contributed by atoms with E-state index in [1.165, 1.54) is 11.1 Å². The number of hydrogen-bond acceptors (Lipinski definition) is 2. The molecule has 2 nitrogen and oxygen atoms in total. The molecule has 1 aromatic rings. The summed E-state index contributed by atoms with van der Waals surface area (Å²) < 4.78 is 0. The summed E-state index contributed by atoms with van der Waals surface area (Å²) in [5, 5.41) is 0. The second-order valence-corrected chi connectivity index (χ2v) is 6.90. The smallest absolute Gasteiger partial charge is 0.0550 e. The zero-order chi connectivity index (χ0) is 13.2. The van der Waals surface area contributed by atoms with Crippen LogP contribution >= 0.6 is 0 Å². The highest BCUT2D eigenvalue weighted by Crippen LogP contribution is 2.62. The Morgan fingerprint density at radius 1 is 0.722 bits per heavy atom. The lowest BCUT2D eigenvalue weighted by Gasteiger charge is -2.44. The van der Waals surface area contributed by atoms with Gasteiger partial charge in [0.1, 0.15) is 0 Å². The minimum Gasteiger partial charge on any atom is -0.397 e. The molecule has 102 valence electrons. The van der Waals surface area contributed by atoms with E-state index in [2.05, 4.69) is 53.7 Å². The third-order valence-corrected chi connectivity index (χ3v) is 5.69. The summed E-state index contributed by atoms with van der Waals surface area (Å²) >= 11 is 0. The van der Waals surface area contributed by atoms with Crippen LogP contribution in [0.15, 0.2) is 12.1 Å². The normalized spacial score (nSPS) is 22.1. The second kappa shape index (κ2) is 3.66. The summed E-state index contributed by atoms with van der Waals surface area (Å²) in [6.45, 7) is 13.9. The second-order valence-electron chi connectivity index (χ2n) is 6.90. The summed E-state index contributed by atoms with van der Waals surface area (Å²) in [4.78, 5) is 0. The molecular weight excluding hydrogens is 220 g/mol. The van der Waals surface area contributed by atoms with Crippen molar-refractivity contribution in [2.45, 2.75) is 59.8 Å². The zero-order valence-electron chi connectivity index (χ0n) is 11.8. The van der Waals surface area contributed by atoms with Crippen LogP contribution in [0.4, 0.5) is 11.4 Å². The molecule has 0 heterocycles. The maximum atomic E-state index is 5.97. The lowest BCUT2D eigenvalue weighted by molar-refractivity contribution is 0.125. The van der Waals surface area contributed by atoms with Crippen molar-refractivity contribution in [2.24, 2.45) is 5.41 Å².